The van der Waals surface area contributed by atoms with Gasteiger partial charge in [-0.15, -0.1) is 5.10 Å². The summed E-state index contributed by atoms with van der Waals surface area (Å²) in [6.45, 7) is 2.39. The van der Waals surface area contributed by atoms with Crippen molar-refractivity contribution < 1.29 is 4.79 Å². The summed E-state index contributed by atoms with van der Waals surface area (Å²) in [6, 6.07) is 0.408. The van der Waals surface area contributed by atoms with Gasteiger partial charge in [0.15, 0.2) is 0 Å². The van der Waals surface area contributed by atoms with Crippen molar-refractivity contribution in [2.45, 2.75) is 38.3 Å². The first-order chi connectivity index (χ1) is 8.75. The van der Waals surface area contributed by atoms with Gasteiger partial charge < -0.3 is 10.2 Å². The number of likely N-dealkylation sites (tertiary alicyclic amines) is 1. The van der Waals surface area contributed by atoms with E-state index in [9.17, 15) is 4.79 Å². The lowest BCUT2D eigenvalue weighted by atomic mass is 10.00. The molecule has 1 fully saturated rings. The molecule has 0 unspecified atom stereocenters. The average molecular weight is 251 g/mol. The minimum Gasteiger partial charge on any atom is -0.354 e. The van der Waals surface area contributed by atoms with Crippen molar-refractivity contribution in [3.8, 4) is 0 Å². The average Bonchev–Trinajstić information content (AvgIpc) is 2.85. The van der Waals surface area contributed by atoms with Crippen LogP contribution in [0.5, 0.6) is 0 Å². The molecule has 0 bridgehead atoms. The summed E-state index contributed by atoms with van der Waals surface area (Å²) in [5.41, 5.74) is 0. The summed E-state index contributed by atoms with van der Waals surface area (Å²) < 4.78 is 1.72. The van der Waals surface area contributed by atoms with Gasteiger partial charge in [-0.05, 0) is 26.4 Å². The molecule has 1 aliphatic heterocycles. The lowest BCUT2D eigenvalue weighted by Gasteiger charge is -2.31. The molecule has 0 radical (unpaired) electrons. The predicted molar refractivity (Wildman–Crippen MR) is 67.9 cm³/mol. The molecule has 1 N–H and O–H groups in total. The Kier molecular flexibility index (Phi) is 4.69. The molecule has 1 aliphatic rings. The topological polar surface area (TPSA) is 63.1 Å². The number of carbonyl (C=O) groups is 1. The number of piperidine rings is 1. The van der Waals surface area contributed by atoms with E-state index in [2.05, 4.69) is 27.6 Å². The Morgan fingerprint density at radius 2 is 2.39 bits per heavy atom. The van der Waals surface area contributed by atoms with Crippen molar-refractivity contribution in [3.05, 3.63) is 12.4 Å². The summed E-state index contributed by atoms with van der Waals surface area (Å²) in [5.74, 6) is 0.133. The number of hydrogen-bond acceptors (Lipinski definition) is 4. The number of nitrogens with one attached hydrogen (secondary N) is 1. The van der Waals surface area contributed by atoms with Crippen LogP contribution in [0.1, 0.15) is 25.7 Å². The SMILES string of the molecule is CN1CCCC[C@H]1CC(=O)NCCn1ccnn1. The molecule has 6 nitrogen and oxygen atoms in total. The Bertz CT molecular complexity index is 365. The fourth-order valence-corrected chi connectivity index (χ4v) is 2.35. The molecule has 1 amide bonds. The van der Waals surface area contributed by atoms with Crippen LogP contribution < -0.4 is 5.32 Å². The van der Waals surface area contributed by atoms with E-state index in [1.165, 1.54) is 12.8 Å². The largest absolute Gasteiger partial charge is 0.354 e. The molecule has 0 aromatic carbocycles. The van der Waals surface area contributed by atoms with Crippen LogP contribution in [-0.2, 0) is 11.3 Å². The van der Waals surface area contributed by atoms with Crippen LogP contribution in [0, 0.1) is 0 Å². The maximum atomic E-state index is 11.8. The Balaban J connectivity index is 1.65. The molecule has 2 rings (SSSR count). The van der Waals surface area contributed by atoms with Crippen molar-refractivity contribution in [3.63, 3.8) is 0 Å². The molecule has 2 heterocycles. The van der Waals surface area contributed by atoms with E-state index in [0.29, 0.717) is 25.6 Å². The zero-order chi connectivity index (χ0) is 12.8. The normalized spacial score (nSPS) is 20.8. The lowest BCUT2D eigenvalue weighted by molar-refractivity contribution is -0.122. The fourth-order valence-electron chi connectivity index (χ4n) is 2.35. The van der Waals surface area contributed by atoms with Gasteiger partial charge in [0.25, 0.3) is 0 Å². The van der Waals surface area contributed by atoms with Gasteiger partial charge in [0, 0.05) is 25.2 Å². The minimum atomic E-state index is 0.133. The standard InChI is InChI=1S/C12H21N5O/c1-16-7-3-2-4-11(16)10-12(18)13-5-8-17-9-6-14-15-17/h6,9,11H,2-5,7-8,10H2,1H3,(H,13,18)/t11-/m0/s1. The van der Waals surface area contributed by atoms with Gasteiger partial charge in [-0.1, -0.05) is 11.6 Å². The van der Waals surface area contributed by atoms with Crippen molar-refractivity contribution in [1.29, 1.82) is 0 Å². The van der Waals surface area contributed by atoms with E-state index >= 15 is 0 Å². The van der Waals surface area contributed by atoms with E-state index in [0.717, 1.165) is 13.0 Å². The quantitative estimate of drug-likeness (QED) is 0.816. The summed E-state index contributed by atoms with van der Waals surface area (Å²) in [7, 11) is 2.10. The number of hydrogen-bond donors (Lipinski definition) is 1. The number of aromatic nitrogens is 3. The van der Waals surface area contributed by atoms with E-state index in [1.54, 1.807) is 17.1 Å². The highest BCUT2D eigenvalue weighted by molar-refractivity contribution is 5.76. The molecule has 1 aromatic heterocycles. The van der Waals surface area contributed by atoms with Crippen LogP contribution in [0.25, 0.3) is 0 Å². The highest BCUT2D eigenvalue weighted by Crippen LogP contribution is 2.17. The highest BCUT2D eigenvalue weighted by atomic mass is 16.1. The number of carbonyl (C=O) groups excluding carboxylic acids is 1. The van der Waals surface area contributed by atoms with Gasteiger partial charge in [-0.2, -0.15) is 0 Å². The van der Waals surface area contributed by atoms with Crippen LogP contribution in [0.4, 0.5) is 0 Å². The van der Waals surface area contributed by atoms with E-state index in [-0.39, 0.29) is 5.91 Å². The number of nitrogens with zero attached hydrogens (tertiary/aromatic N) is 4. The third kappa shape index (κ3) is 3.80. The van der Waals surface area contributed by atoms with Crippen LogP contribution in [0.2, 0.25) is 0 Å². The van der Waals surface area contributed by atoms with E-state index in [1.807, 2.05) is 0 Å². The first-order valence-corrected chi connectivity index (χ1v) is 6.57. The molecule has 1 aromatic rings. The zero-order valence-corrected chi connectivity index (χ0v) is 10.9. The monoisotopic (exact) mass is 251 g/mol. The molecular weight excluding hydrogens is 230 g/mol. The maximum Gasteiger partial charge on any atom is 0.221 e. The predicted octanol–water partition coefficient (Wildman–Crippen LogP) is 0.269. The Labute approximate surface area is 107 Å². The van der Waals surface area contributed by atoms with Crippen molar-refractivity contribution in [2.24, 2.45) is 0 Å². The molecule has 1 saturated heterocycles. The van der Waals surface area contributed by atoms with Crippen molar-refractivity contribution in [1.82, 2.24) is 25.2 Å². The smallest absolute Gasteiger partial charge is 0.221 e. The second kappa shape index (κ2) is 6.49. The lowest BCUT2D eigenvalue weighted by Crippen LogP contribution is -2.40. The maximum absolute atomic E-state index is 11.8. The summed E-state index contributed by atoms with van der Waals surface area (Å²) in [5, 5.41) is 10.5. The van der Waals surface area contributed by atoms with Crippen molar-refractivity contribution >= 4 is 5.91 Å². The summed E-state index contributed by atoms with van der Waals surface area (Å²) in [6.07, 6.45) is 7.66. The Morgan fingerprint density at radius 1 is 1.50 bits per heavy atom. The van der Waals surface area contributed by atoms with Gasteiger partial charge in [0.1, 0.15) is 0 Å². The minimum absolute atomic E-state index is 0.133. The second-order valence-corrected chi connectivity index (χ2v) is 4.85. The van der Waals surface area contributed by atoms with Gasteiger partial charge in [-0.25, -0.2) is 0 Å². The molecule has 0 spiro atoms. The molecule has 100 valence electrons. The third-order valence-corrected chi connectivity index (χ3v) is 3.48. The molecule has 1 atom stereocenters. The molecular formula is C12H21N5O. The summed E-state index contributed by atoms with van der Waals surface area (Å²) in [4.78, 5) is 14.1. The van der Waals surface area contributed by atoms with Crippen LogP contribution >= 0.6 is 0 Å². The zero-order valence-electron chi connectivity index (χ0n) is 10.9. The molecule has 0 saturated carbocycles. The van der Waals surface area contributed by atoms with Gasteiger partial charge in [0.2, 0.25) is 5.91 Å². The highest BCUT2D eigenvalue weighted by Gasteiger charge is 2.21. The number of rotatable bonds is 5. The number of amides is 1. The second-order valence-electron chi connectivity index (χ2n) is 4.85. The fraction of sp³-hybridized carbons (Fsp3) is 0.750. The summed E-state index contributed by atoms with van der Waals surface area (Å²) >= 11 is 0. The first kappa shape index (κ1) is 13.0. The van der Waals surface area contributed by atoms with Gasteiger partial charge in [-0.3, -0.25) is 9.48 Å². The van der Waals surface area contributed by atoms with Crippen LogP contribution in [0.3, 0.4) is 0 Å². The van der Waals surface area contributed by atoms with Crippen molar-refractivity contribution in [2.75, 3.05) is 20.1 Å². The molecule has 18 heavy (non-hydrogen) atoms. The first-order valence-electron chi connectivity index (χ1n) is 6.57. The molecule has 6 heteroatoms. The van der Waals surface area contributed by atoms with Gasteiger partial charge in [0.05, 0.1) is 12.7 Å². The van der Waals surface area contributed by atoms with Gasteiger partial charge >= 0.3 is 0 Å². The van der Waals surface area contributed by atoms with Crippen LogP contribution in [-0.4, -0.2) is 52.0 Å². The Morgan fingerprint density at radius 3 is 3.11 bits per heavy atom. The van der Waals surface area contributed by atoms with E-state index < -0.39 is 0 Å². The Hall–Kier alpha value is -1.43. The molecule has 0 aliphatic carbocycles. The third-order valence-electron chi connectivity index (χ3n) is 3.48. The van der Waals surface area contributed by atoms with Crippen LogP contribution in [0.15, 0.2) is 12.4 Å². The van der Waals surface area contributed by atoms with E-state index in [4.69, 9.17) is 0 Å².